The number of nitrogens with one attached hydrogen (secondary N) is 1. The van der Waals surface area contributed by atoms with Crippen LogP contribution < -0.4 is 10.9 Å². The molecule has 0 saturated carbocycles. The number of thioether (sulfide) groups is 1. The first kappa shape index (κ1) is 22.6. The zero-order valence-corrected chi connectivity index (χ0v) is 20.1. The van der Waals surface area contributed by atoms with Gasteiger partial charge in [0, 0.05) is 10.4 Å². The zero-order chi connectivity index (χ0) is 22.1. The molecular formula is C23H29N3O2S2. The first-order valence-electron chi connectivity index (χ1n) is 10.1. The lowest BCUT2D eigenvalue weighted by Crippen LogP contribution is -2.41. The van der Waals surface area contributed by atoms with Crippen molar-refractivity contribution in [3.63, 3.8) is 0 Å². The van der Waals surface area contributed by atoms with Crippen LogP contribution in [0.5, 0.6) is 0 Å². The van der Waals surface area contributed by atoms with E-state index < -0.39 is 0 Å². The SMILES string of the molecule is CCc1sc2nc(SCC(=O)NC(C)(C)C)n(Cc3ccc(C)cc3)c(=O)c2c1C. The number of aromatic nitrogens is 2. The van der Waals surface area contributed by atoms with E-state index >= 15 is 0 Å². The lowest BCUT2D eigenvalue weighted by molar-refractivity contribution is -0.119. The number of aryl methyl sites for hydroxylation is 3. The highest BCUT2D eigenvalue weighted by Crippen LogP contribution is 2.29. The highest BCUT2D eigenvalue weighted by atomic mass is 32.2. The molecule has 0 aliphatic rings. The number of rotatable bonds is 6. The van der Waals surface area contributed by atoms with E-state index in [9.17, 15) is 9.59 Å². The highest BCUT2D eigenvalue weighted by molar-refractivity contribution is 7.99. The van der Waals surface area contributed by atoms with Gasteiger partial charge in [-0.3, -0.25) is 14.2 Å². The van der Waals surface area contributed by atoms with Gasteiger partial charge in [0.05, 0.1) is 17.7 Å². The number of amides is 1. The molecule has 3 rings (SSSR count). The van der Waals surface area contributed by atoms with E-state index in [0.717, 1.165) is 22.4 Å². The normalized spacial score (nSPS) is 11.8. The van der Waals surface area contributed by atoms with Crippen molar-refractivity contribution in [1.29, 1.82) is 0 Å². The Balaban J connectivity index is 2.03. The molecule has 0 radical (unpaired) electrons. The van der Waals surface area contributed by atoms with Crippen molar-refractivity contribution in [1.82, 2.24) is 14.9 Å². The van der Waals surface area contributed by atoms with Gasteiger partial charge in [0.1, 0.15) is 4.83 Å². The summed E-state index contributed by atoms with van der Waals surface area (Å²) in [6.45, 7) is 12.4. The van der Waals surface area contributed by atoms with Crippen LogP contribution in [0, 0.1) is 13.8 Å². The van der Waals surface area contributed by atoms with Gasteiger partial charge in [-0.25, -0.2) is 4.98 Å². The van der Waals surface area contributed by atoms with Crippen LogP contribution in [0.3, 0.4) is 0 Å². The third-order valence-electron chi connectivity index (χ3n) is 4.74. The number of carbonyl (C=O) groups is 1. The van der Waals surface area contributed by atoms with E-state index in [1.165, 1.54) is 22.2 Å². The predicted octanol–water partition coefficient (Wildman–Crippen LogP) is 4.69. The van der Waals surface area contributed by atoms with Crippen LogP contribution in [-0.2, 0) is 17.8 Å². The first-order valence-corrected chi connectivity index (χ1v) is 11.9. The molecule has 1 N–H and O–H groups in total. The fraction of sp³-hybridized carbons (Fsp3) is 0.435. The summed E-state index contributed by atoms with van der Waals surface area (Å²) in [6, 6.07) is 8.15. The minimum atomic E-state index is -0.294. The van der Waals surface area contributed by atoms with Crippen molar-refractivity contribution in [3.05, 3.63) is 56.2 Å². The number of benzene rings is 1. The van der Waals surface area contributed by atoms with Crippen LogP contribution in [0.4, 0.5) is 0 Å². The molecule has 1 amide bonds. The van der Waals surface area contributed by atoms with Crippen LogP contribution >= 0.6 is 23.1 Å². The zero-order valence-electron chi connectivity index (χ0n) is 18.5. The van der Waals surface area contributed by atoms with Crippen LogP contribution in [0.1, 0.15) is 49.3 Å². The number of thiophene rings is 1. The maximum Gasteiger partial charge on any atom is 0.263 e. The summed E-state index contributed by atoms with van der Waals surface area (Å²) in [5.74, 6) is 0.147. The van der Waals surface area contributed by atoms with Gasteiger partial charge in [0.2, 0.25) is 5.91 Å². The molecule has 7 heteroatoms. The number of nitrogens with zero attached hydrogens (tertiary/aromatic N) is 2. The van der Waals surface area contributed by atoms with Gasteiger partial charge in [0.25, 0.3) is 5.56 Å². The Morgan fingerprint density at radius 1 is 1.20 bits per heavy atom. The van der Waals surface area contributed by atoms with Gasteiger partial charge < -0.3 is 5.32 Å². The molecule has 5 nitrogen and oxygen atoms in total. The van der Waals surface area contributed by atoms with Crippen molar-refractivity contribution in [2.24, 2.45) is 0 Å². The monoisotopic (exact) mass is 443 g/mol. The van der Waals surface area contributed by atoms with Crippen molar-refractivity contribution in [2.75, 3.05) is 5.75 Å². The smallest absolute Gasteiger partial charge is 0.263 e. The molecule has 160 valence electrons. The Labute approximate surface area is 185 Å². The molecule has 2 heterocycles. The second-order valence-electron chi connectivity index (χ2n) is 8.54. The molecule has 1 aromatic carbocycles. The Morgan fingerprint density at radius 2 is 1.87 bits per heavy atom. The molecule has 3 aromatic rings. The maximum absolute atomic E-state index is 13.5. The minimum Gasteiger partial charge on any atom is -0.351 e. The predicted molar refractivity (Wildman–Crippen MR) is 127 cm³/mol. The summed E-state index contributed by atoms with van der Waals surface area (Å²) in [6.07, 6.45) is 0.876. The molecular weight excluding hydrogens is 414 g/mol. The van der Waals surface area contributed by atoms with Gasteiger partial charge >= 0.3 is 0 Å². The fourth-order valence-electron chi connectivity index (χ4n) is 3.29. The molecule has 30 heavy (non-hydrogen) atoms. The van der Waals surface area contributed by atoms with Crippen LogP contribution in [0.15, 0.2) is 34.2 Å². The topological polar surface area (TPSA) is 64.0 Å². The Hall–Kier alpha value is -2.12. The lowest BCUT2D eigenvalue weighted by Gasteiger charge is -2.20. The molecule has 0 unspecified atom stereocenters. The van der Waals surface area contributed by atoms with Crippen LogP contribution in [-0.4, -0.2) is 26.8 Å². The summed E-state index contributed by atoms with van der Waals surface area (Å²) in [4.78, 5) is 32.6. The van der Waals surface area contributed by atoms with Crippen molar-refractivity contribution >= 4 is 39.2 Å². The average molecular weight is 444 g/mol. The largest absolute Gasteiger partial charge is 0.351 e. The maximum atomic E-state index is 13.5. The molecule has 0 spiro atoms. The number of fused-ring (bicyclic) bond motifs is 1. The second-order valence-corrected chi connectivity index (χ2v) is 10.6. The summed E-state index contributed by atoms with van der Waals surface area (Å²) in [5, 5.41) is 4.25. The molecule has 0 bridgehead atoms. The van der Waals surface area contributed by atoms with Gasteiger partial charge in [-0.1, -0.05) is 48.5 Å². The van der Waals surface area contributed by atoms with Gasteiger partial charge in [0.15, 0.2) is 5.16 Å². The van der Waals surface area contributed by atoms with Crippen LogP contribution in [0.25, 0.3) is 10.2 Å². The molecule has 0 fully saturated rings. The summed E-state index contributed by atoms with van der Waals surface area (Å²) in [5.41, 5.74) is 2.91. The molecule has 0 aliphatic carbocycles. The number of hydrogen-bond acceptors (Lipinski definition) is 5. The number of carbonyl (C=O) groups excluding carboxylic acids is 1. The van der Waals surface area contributed by atoms with E-state index in [1.54, 1.807) is 15.9 Å². The molecule has 2 aromatic heterocycles. The lowest BCUT2D eigenvalue weighted by atomic mass is 10.1. The summed E-state index contributed by atoms with van der Waals surface area (Å²) >= 11 is 2.89. The Kier molecular flexibility index (Phi) is 6.72. The molecule has 0 saturated heterocycles. The van der Waals surface area contributed by atoms with E-state index in [2.05, 4.69) is 12.2 Å². The van der Waals surface area contributed by atoms with Crippen molar-refractivity contribution < 1.29 is 4.79 Å². The van der Waals surface area contributed by atoms with E-state index in [-0.39, 0.29) is 22.8 Å². The highest BCUT2D eigenvalue weighted by Gasteiger charge is 2.20. The van der Waals surface area contributed by atoms with Gasteiger partial charge in [-0.05, 0) is 52.2 Å². The van der Waals surface area contributed by atoms with Crippen LogP contribution in [0.2, 0.25) is 0 Å². The third-order valence-corrected chi connectivity index (χ3v) is 7.05. The van der Waals surface area contributed by atoms with E-state index in [1.807, 2.05) is 58.9 Å². The van der Waals surface area contributed by atoms with Crippen molar-refractivity contribution in [3.8, 4) is 0 Å². The third kappa shape index (κ3) is 5.13. The number of hydrogen-bond donors (Lipinski definition) is 1. The molecule has 0 atom stereocenters. The second kappa shape index (κ2) is 8.94. The van der Waals surface area contributed by atoms with Crippen molar-refractivity contribution in [2.45, 2.75) is 65.2 Å². The Morgan fingerprint density at radius 3 is 2.47 bits per heavy atom. The summed E-state index contributed by atoms with van der Waals surface area (Å²) < 4.78 is 1.71. The standard InChI is InChI=1S/C23H29N3O2S2/c1-7-17-15(3)19-20(30-17)24-22(29-13-18(27)25-23(4,5)6)26(21(19)28)12-16-10-8-14(2)9-11-16/h8-11H,7,12-13H2,1-6H3,(H,25,27). The quantitative estimate of drug-likeness (QED) is 0.443. The molecule has 0 aliphatic heterocycles. The summed E-state index contributed by atoms with van der Waals surface area (Å²) in [7, 11) is 0. The Bertz CT molecular complexity index is 1120. The van der Waals surface area contributed by atoms with Gasteiger partial charge in [-0.2, -0.15) is 0 Å². The van der Waals surface area contributed by atoms with E-state index in [4.69, 9.17) is 4.98 Å². The van der Waals surface area contributed by atoms with Gasteiger partial charge in [-0.15, -0.1) is 11.3 Å². The minimum absolute atomic E-state index is 0.0345. The first-order chi connectivity index (χ1) is 14.1. The average Bonchev–Trinajstić information content (AvgIpc) is 2.98. The fourth-order valence-corrected chi connectivity index (χ4v) is 5.25. The van der Waals surface area contributed by atoms with E-state index in [0.29, 0.717) is 17.1 Å².